The summed E-state index contributed by atoms with van der Waals surface area (Å²) < 4.78 is 7.55. The van der Waals surface area contributed by atoms with Crippen molar-refractivity contribution < 1.29 is 9.53 Å². The van der Waals surface area contributed by atoms with E-state index in [-0.39, 0.29) is 18.1 Å². The summed E-state index contributed by atoms with van der Waals surface area (Å²) in [6.07, 6.45) is 3.77. The lowest BCUT2D eigenvalue weighted by molar-refractivity contribution is -0.0747. The molecule has 0 unspecified atom stereocenters. The number of amides is 1. The highest BCUT2D eigenvalue weighted by molar-refractivity contribution is 6.34. The maximum Gasteiger partial charge on any atom is 0.273 e. The zero-order valence-corrected chi connectivity index (χ0v) is 14.3. The molecule has 1 aromatic rings. The molecule has 0 radical (unpaired) electrons. The van der Waals surface area contributed by atoms with Crippen LogP contribution < -0.4 is 5.32 Å². The first-order valence-electron chi connectivity index (χ1n) is 8.43. The Morgan fingerprint density at radius 2 is 2.13 bits per heavy atom. The molecule has 23 heavy (non-hydrogen) atoms. The Labute approximate surface area is 141 Å². The number of aryl methyl sites for hydroxylation is 1. The number of hydrogen-bond acceptors (Lipinski definition) is 4. The highest BCUT2D eigenvalue weighted by Gasteiger charge is 2.57. The third-order valence-electron chi connectivity index (χ3n) is 5.69. The smallest absolute Gasteiger partial charge is 0.273 e. The van der Waals surface area contributed by atoms with E-state index in [2.05, 4.69) is 15.3 Å². The minimum Gasteiger partial charge on any atom is -0.376 e. The average Bonchev–Trinajstić information content (AvgIpc) is 3.23. The molecule has 3 aliphatic rings. The standard InChI is InChI=1S/C16H23ClN4O2/c1-9-11(17)13(19-20(9)2)16(22)18-12-10-5-8-23-15(10)14(12)21-6-3-4-7-21/h10,12,14-15H,3-8H2,1-2H3,(H,18,22)/t10-,12+,14-,15-/m1/s1. The molecule has 4 atom stereocenters. The van der Waals surface area contributed by atoms with Crippen LogP contribution in [0.4, 0.5) is 0 Å². The number of nitrogens with zero attached hydrogens (tertiary/aromatic N) is 3. The van der Waals surface area contributed by atoms with Crippen LogP contribution in [0.3, 0.4) is 0 Å². The molecule has 1 amide bonds. The van der Waals surface area contributed by atoms with E-state index >= 15 is 0 Å². The number of nitrogens with one attached hydrogen (secondary N) is 1. The average molecular weight is 339 g/mol. The van der Waals surface area contributed by atoms with Gasteiger partial charge in [0.2, 0.25) is 0 Å². The SMILES string of the molecule is Cc1c(Cl)c(C(=O)N[C@H]2[C@H]3CCO[C@H]3[C@@H]2N2CCCC2)nn1C. The van der Waals surface area contributed by atoms with Crippen LogP contribution in [0, 0.1) is 12.8 Å². The Morgan fingerprint density at radius 3 is 2.78 bits per heavy atom. The molecule has 1 aliphatic carbocycles. The Hall–Kier alpha value is -1.11. The number of carbonyl (C=O) groups excluding carboxylic acids is 1. The first-order chi connectivity index (χ1) is 11.1. The Bertz CT molecular complexity index is 621. The largest absolute Gasteiger partial charge is 0.376 e. The molecule has 1 N–H and O–H groups in total. The summed E-state index contributed by atoms with van der Waals surface area (Å²) >= 11 is 6.25. The fourth-order valence-electron chi connectivity index (χ4n) is 4.29. The normalized spacial score (nSPS) is 33.5. The van der Waals surface area contributed by atoms with Crippen molar-refractivity contribution in [2.75, 3.05) is 19.7 Å². The molecule has 0 aromatic carbocycles. The second kappa shape index (κ2) is 5.76. The molecule has 4 rings (SSSR count). The predicted molar refractivity (Wildman–Crippen MR) is 86.7 cm³/mol. The predicted octanol–water partition coefficient (Wildman–Crippen LogP) is 1.36. The van der Waals surface area contributed by atoms with Crippen molar-refractivity contribution in [3.63, 3.8) is 0 Å². The van der Waals surface area contributed by atoms with Crippen LogP contribution in [0.5, 0.6) is 0 Å². The number of ether oxygens (including phenoxy) is 1. The van der Waals surface area contributed by atoms with Crippen LogP contribution in [0.15, 0.2) is 0 Å². The van der Waals surface area contributed by atoms with Gasteiger partial charge in [0.05, 0.1) is 28.9 Å². The van der Waals surface area contributed by atoms with Gasteiger partial charge in [-0.1, -0.05) is 11.6 Å². The Kier molecular flexibility index (Phi) is 3.86. The van der Waals surface area contributed by atoms with Crippen molar-refractivity contribution in [1.29, 1.82) is 0 Å². The second-order valence-corrected chi connectivity index (χ2v) is 7.27. The van der Waals surface area contributed by atoms with Crippen LogP contribution in [0.2, 0.25) is 5.02 Å². The number of rotatable bonds is 3. The highest BCUT2D eigenvalue weighted by atomic mass is 35.5. The van der Waals surface area contributed by atoms with Crippen LogP contribution in [-0.4, -0.2) is 58.5 Å². The molecule has 3 fully saturated rings. The summed E-state index contributed by atoms with van der Waals surface area (Å²) in [5.74, 6) is 0.256. The molecule has 126 valence electrons. The van der Waals surface area contributed by atoms with E-state index in [4.69, 9.17) is 16.3 Å². The number of carbonyl (C=O) groups is 1. The van der Waals surface area contributed by atoms with Gasteiger partial charge in [-0.15, -0.1) is 0 Å². The molecule has 3 heterocycles. The van der Waals surface area contributed by atoms with Crippen LogP contribution >= 0.6 is 11.6 Å². The van der Waals surface area contributed by atoms with E-state index < -0.39 is 0 Å². The maximum absolute atomic E-state index is 12.7. The fourth-order valence-corrected chi connectivity index (χ4v) is 4.54. The summed E-state index contributed by atoms with van der Waals surface area (Å²) in [5, 5.41) is 7.89. The number of halogens is 1. The number of hydrogen-bond donors (Lipinski definition) is 1. The van der Waals surface area contributed by atoms with Crippen molar-refractivity contribution in [2.45, 2.75) is 44.4 Å². The van der Waals surface area contributed by atoms with Crippen molar-refractivity contribution >= 4 is 17.5 Å². The van der Waals surface area contributed by atoms with Crippen molar-refractivity contribution in [1.82, 2.24) is 20.0 Å². The third kappa shape index (κ3) is 2.39. The summed E-state index contributed by atoms with van der Waals surface area (Å²) in [6, 6.07) is 0.448. The molecular formula is C16H23ClN4O2. The Balaban J connectivity index is 1.52. The quantitative estimate of drug-likeness (QED) is 0.904. The number of likely N-dealkylation sites (tertiary alicyclic amines) is 1. The fraction of sp³-hybridized carbons (Fsp3) is 0.750. The van der Waals surface area contributed by atoms with Crippen LogP contribution in [0.25, 0.3) is 0 Å². The highest BCUT2D eigenvalue weighted by Crippen LogP contribution is 2.43. The lowest BCUT2D eigenvalue weighted by Crippen LogP contribution is -2.70. The van der Waals surface area contributed by atoms with Crippen LogP contribution in [-0.2, 0) is 11.8 Å². The van der Waals surface area contributed by atoms with Gasteiger partial charge in [-0.3, -0.25) is 14.4 Å². The van der Waals surface area contributed by atoms with Gasteiger partial charge in [-0.25, -0.2) is 0 Å². The molecule has 7 heteroatoms. The summed E-state index contributed by atoms with van der Waals surface area (Å²) in [5.41, 5.74) is 1.14. The van der Waals surface area contributed by atoms with Crippen molar-refractivity contribution in [3.05, 3.63) is 16.4 Å². The zero-order valence-electron chi connectivity index (χ0n) is 13.6. The first kappa shape index (κ1) is 15.4. The molecule has 0 bridgehead atoms. The van der Waals surface area contributed by atoms with E-state index in [1.165, 1.54) is 12.8 Å². The monoisotopic (exact) mass is 338 g/mol. The van der Waals surface area contributed by atoms with Crippen molar-refractivity contribution in [2.24, 2.45) is 13.0 Å². The van der Waals surface area contributed by atoms with Crippen LogP contribution in [0.1, 0.15) is 35.4 Å². The first-order valence-corrected chi connectivity index (χ1v) is 8.81. The lowest BCUT2D eigenvalue weighted by atomic mass is 9.70. The van der Waals surface area contributed by atoms with Gasteiger partial charge in [0.15, 0.2) is 5.69 Å². The molecule has 0 spiro atoms. The number of aromatic nitrogens is 2. The summed E-state index contributed by atoms with van der Waals surface area (Å²) in [4.78, 5) is 15.1. The lowest BCUT2D eigenvalue weighted by Gasteiger charge is -2.51. The van der Waals surface area contributed by atoms with E-state index in [1.54, 1.807) is 11.7 Å². The molecular weight excluding hydrogens is 316 g/mol. The van der Waals surface area contributed by atoms with Gasteiger partial charge in [-0.2, -0.15) is 5.10 Å². The van der Waals surface area contributed by atoms with E-state index in [0.717, 1.165) is 31.8 Å². The van der Waals surface area contributed by atoms with Gasteiger partial charge in [-0.05, 0) is 39.3 Å². The molecule has 1 aromatic heterocycles. The van der Waals surface area contributed by atoms with Gasteiger partial charge in [0.1, 0.15) is 0 Å². The maximum atomic E-state index is 12.7. The number of fused-ring (bicyclic) bond motifs is 1. The molecule has 1 saturated carbocycles. The van der Waals surface area contributed by atoms with Gasteiger partial charge in [0.25, 0.3) is 5.91 Å². The van der Waals surface area contributed by atoms with E-state index in [1.807, 2.05) is 6.92 Å². The molecule has 2 saturated heterocycles. The minimum absolute atomic E-state index is 0.145. The minimum atomic E-state index is -0.168. The topological polar surface area (TPSA) is 59.4 Å². The molecule has 6 nitrogen and oxygen atoms in total. The second-order valence-electron chi connectivity index (χ2n) is 6.89. The summed E-state index contributed by atoms with van der Waals surface area (Å²) in [7, 11) is 1.80. The van der Waals surface area contributed by atoms with Gasteiger partial charge in [0, 0.05) is 19.6 Å². The summed E-state index contributed by atoms with van der Waals surface area (Å²) in [6.45, 7) is 4.87. The van der Waals surface area contributed by atoms with Crippen molar-refractivity contribution in [3.8, 4) is 0 Å². The Morgan fingerprint density at radius 1 is 1.39 bits per heavy atom. The van der Waals surface area contributed by atoms with Gasteiger partial charge >= 0.3 is 0 Å². The van der Waals surface area contributed by atoms with E-state index in [0.29, 0.717) is 22.7 Å². The van der Waals surface area contributed by atoms with Gasteiger partial charge < -0.3 is 10.1 Å². The third-order valence-corrected chi connectivity index (χ3v) is 6.14. The van der Waals surface area contributed by atoms with E-state index in [9.17, 15) is 4.79 Å². The molecule has 2 aliphatic heterocycles. The zero-order chi connectivity index (χ0) is 16.1.